The zero-order valence-corrected chi connectivity index (χ0v) is 35.0. The molecule has 14 aromatic rings. The van der Waals surface area contributed by atoms with Gasteiger partial charge in [-0.25, -0.2) is 0 Å². The van der Waals surface area contributed by atoms with Crippen LogP contribution in [0.5, 0.6) is 0 Å². The molecule has 1 heteroatoms. The Bertz CT molecular complexity index is 4080. The van der Waals surface area contributed by atoms with Crippen molar-refractivity contribution in [2.24, 2.45) is 0 Å². The van der Waals surface area contributed by atoms with Gasteiger partial charge in [-0.3, -0.25) is 0 Å². The Balaban J connectivity index is 0.777. The number of thiophene rings is 1. The second kappa shape index (κ2) is 13.3. The maximum atomic E-state index is 2.38. The molecule has 0 amide bonds. The van der Waals surface area contributed by atoms with Crippen molar-refractivity contribution in [2.45, 2.75) is 0 Å². The summed E-state index contributed by atoms with van der Waals surface area (Å²) in [5.41, 5.74) is 12.5. The van der Waals surface area contributed by atoms with Crippen LogP contribution in [0, 0.1) is 0 Å². The lowest BCUT2D eigenvalue weighted by Crippen LogP contribution is -1.89. The van der Waals surface area contributed by atoms with Gasteiger partial charge in [0.15, 0.2) is 0 Å². The fourth-order valence-electron chi connectivity index (χ4n) is 10.7. The molecule has 0 N–H and O–H groups in total. The Hall–Kier alpha value is -7.84. The normalized spacial score (nSPS) is 12.1. The molecule has 13 aromatic carbocycles. The van der Waals surface area contributed by atoms with Gasteiger partial charge in [0.05, 0.1) is 0 Å². The monoisotopic (exact) mass is 812 g/mol. The van der Waals surface area contributed by atoms with Crippen LogP contribution in [0.3, 0.4) is 0 Å². The number of hydrogen-bond acceptors (Lipinski definition) is 1. The third-order valence-electron chi connectivity index (χ3n) is 13.8. The molecule has 0 bridgehead atoms. The van der Waals surface area contributed by atoms with E-state index >= 15 is 0 Å². The molecule has 0 aliphatic rings. The van der Waals surface area contributed by atoms with Crippen LogP contribution in [-0.4, -0.2) is 0 Å². The average Bonchev–Trinajstić information content (AvgIpc) is 3.72. The van der Waals surface area contributed by atoms with E-state index in [-0.39, 0.29) is 0 Å². The predicted molar refractivity (Wildman–Crippen MR) is 274 cm³/mol. The first-order chi connectivity index (χ1) is 31.2. The largest absolute Gasteiger partial charge is 0.135 e. The van der Waals surface area contributed by atoms with Gasteiger partial charge in [0.1, 0.15) is 0 Å². The molecule has 0 aliphatic carbocycles. The van der Waals surface area contributed by atoms with Crippen molar-refractivity contribution in [2.75, 3.05) is 0 Å². The minimum absolute atomic E-state index is 1.23. The van der Waals surface area contributed by atoms with E-state index in [0.717, 1.165) is 0 Å². The highest BCUT2D eigenvalue weighted by Crippen LogP contribution is 2.44. The Kier molecular flexibility index (Phi) is 7.37. The van der Waals surface area contributed by atoms with Gasteiger partial charge in [0.25, 0.3) is 0 Å². The topological polar surface area (TPSA) is 0 Å². The van der Waals surface area contributed by atoms with Crippen LogP contribution in [0.2, 0.25) is 0 Å². The van der Waals surface area contributed by atoms with Crippen LogP contribution in [-0.2, 0) is 0 Å². The third-order valence-corrected chi connectivity index (χ3v) is 14.9. The molecular weight excluding hydrogens is 777 g/mol. The summed E-state index contributed by atoms with van der Waals surface area (Å²) in [6, 6.07) is 81.7. The molecule has 0 unspecified atom stereocenters. The molecule has 63 heavy (non-hydrogen) atoms. The maximum absolute atomic E-state index is 2.38. The van der Waals surface area contributed by atoms with Crippen molar-refractivity contribution in [3.05, 3.63) is 218 Å². The first-order valence-electron chi connectivity index (χ1n) is 21.8. The summed E-state index contributed by atoms with van der Waals surface area (Å²) in [5.74, 6) is 0. The van der Waals surface area contributed by atoms with E-state index in [0.29, 0.717) is 0 Å². The van der Waals surface area contributed by atoms with Crippen molar-refractivity contribution >= 4 is 96.1 Å². The molecule has 0 radical (unpaired) electrons. The van der Waals surface area contributed by atoms with Gasteiger partial charge in [-0.2, -0.15) is 0 Å². The molecule has 0 fully saturated rings. The molecule has 0 nitrogen and oxygen atoms in total. The summed E-state index contributed by atoms with van der Waals surface area (Å²) in [6.07, 6.45) is 0. The first-order valence-corrected chi connectivity index (χ1v) is 22.6. The van der Waals surface area contributed by atoms with Gasteiger partial charge in [-0.15, -0.1) is 11.3 Å². The van der Waals surface area contributed by atoms with Crippen molar-refractivity contribution in [1.82, 2.24) is 0 Å². The minimum Gasteiger partial charge on any atom is -0.135 e. The summed E-state index contributed by atoms with van der Waals surface area (Å²) in [5, 5.41) is 18.4. The fourth-order valence-corrected chi connectivity index (χ4v) is 11.9. The van der Waals surface area contributed by atoms with Gasteiger partial charge in [0, 0.05) is 20.2 Å². The van der Waals surface area contributed by atoms with E-state index in [4.69, 9.17) is 0 Å². The zero-order valence-electron chi connectivity index (χ0n) is 34.2. The number of hydrogen-bond donors (Lipinski definition) is 0. The lowest BCUT2D eigenvalue weighted by atomic mass is 9.87. The van der Waals surface area contributed by atoms with Crippen molar-refractivity contribution < 1.29 is 0 Å². The van der Waals surface area contributed by atoms with Crippen LogP contribution in [0.15, 0.2) is 218 Å². The van der Waals surface area contributed by atoms with Crippen LogP contribution >= 0.6 is 11.3 Å². The number of benzene rings is 13. The Labute approximate surface area is 368 Å². The third kappa shape index (κ3) is 5.27. The van der Waals surface area contributed by atoms with Crippen molar-refractivity contribution in [3.8, 4) is 55.6 Å². The second-order valence-electron chi connectivity index (χ2n) is 17.2. The van der Waals surface area contributed by atoms with E-state index in [1.54, 1.807) is 0 Å². The smallest absolute Gasteiger partial charge is 0.0361 e. The highest BCUT2D eigenvalue weighted by Gasteiger charge is 2.17. The molecule has 1 aromatic heterocycles. The predicted octanol–water partition coefficient (Wildman–Crippen LogP) is 18.2. The highest BCUT2D eigenvalue weighted by atomic mass is 32.1. The summed E-state index contributed by atoms with van der Waals surface area (Å²) in [6.45, 7) is 0. The van der Waals surface area contributed by atoms with E-state index in [2.05, 4.69) is 218 Å². The van der Waals surface area contributed by atoms with Crippen LogP contribution in [0.1, 0.15) is 0 Å². The fraction of sp³-hybridized carbons (Fsp3) is 0. The average molecular weight is 813 g/mol. The maximum Gasteiger partial charge on any atom is 0.0361 e. The van der Waals surface area contributed by atoms with Crippen molar-refractivity contribution in [3.63, 3.8) is 0 Å². The van der Waals surface area contributed by atoms with Gasteiger partial charge >= 0.3 is 0 Å². The standard InChI is InChI=1S/C62H36S/c1-2-5-39(6-3-1)49-27-20-45-24-34-56-51(29-21-46-23-33-55(49)61(45)62(46)56)41-15-11-38(12-16-41)48-26-31-53-52-30-25-47(35-57(52)63-58(53)36-48)37-9-13-40(14-10-37)50-28-19-44-18-17-42-7-4-8-43-22-32-54(50)60(44)59(42)43/h1-36H. The SMILES string of the molecule is c1ccc(-c2ccc3ccc4c(-c5ccc(-c6ccc7c(c6)sc6cc(-c8ccc(-c9ccc%10ccc%11cccc%12ccc9c%10c%11%12)cc8)ccc67)cc5)ccc5ccc2c3c54)cc1. The first kappa shape index (κ1) is 34.8. The van der Waals surface area contributed by atoms with Gasteiger partial charge in [-0.1, -0.05) is 206 Å². The van der Waals surface area contributed by atoms with E-state index in [9.17, 15) is 0 Å². The minimum atomic E-state index is 1.23. The van der Waals surface area contributed by atoms with Crippen LogP contribution in [0.4, 0.5) is 0 Å². The lowest BCUT2D eigenvalue weighted by molar-refractivity contribution is 1.63. The molecule has 290 valence electrons. The molecule has 0 aliphatic heterocycles. The summed E-state index contributed by atoms with van der Waals surface area (Å²) in [4.78, 5) is 0. The molecule has 14 rings (SSSR count). The molecule has 0 atom stereocenters. The molecule has 0 saturated heterocycles. The van der Waals surface area contributed by atoms with Gasteiger partial charge < -0.3 is 0 Å². The molecule has 1 heterocycles. The number of fused-ring (bicyclic) bond motifs is 3. The molecule has 0 spiro atoms. The highest BCUT2D eigenvalue weighted by molar-refractivity contribution is 7.25. The van der Waals surface area contributed by atoms with Gasteiger partial charge in [0.2, 0.25) is 0 Å². The number of rotatable bonds is 5. The van der Waals surface area contributed by atoms with Crippen molar-refractivity contribution in [1.29, 1.82) is 0 Å². The van der Waals surface area contributed by atoms with E-state index < -0.39 is 0 Å². The summed E-state index contributed by atoms with van der Waals surface area (Å²) >= 11 is 1.89. The Morgan fingerprint density at radius 1 is 0.206 bits per heavy atom. The van der Waals surface area contributed by atoms with E-state index in [1.807, 2.05) is 11.3 Å². The Morgan fingerprint density at radius 2 is 0.540 bits per heavy atom. The second-order valence-corrected chi connectivity index (χ2v) is 18.2. The van der Waals surface area contributed by atoms with E-state index in [1.165, 1.54) is 140 Å². The zero-order chi connectivity index (χ0) is 41.2. The quantitative estimate of drug-likeness (QED) is 0.152. The Morgan fingerprint density at radius 3 is 1.00 bits per heavy atom. The summed E-state index contributed by atoms with van der Waals surface area (Å²) in [7, 11) is 0. The van der Waals surface area contributed by atoms with Gasteiger partial charge in [-0.05, 0) is 132 Å². The van der Waals surface area contributed by atoms with Crippen LogP contribution in [0.25, 0.3) is 140 Å². The molecule has 0 saturated carbocycles. The molecular formula is C62H36S. The summed E-state index contributed by atoms with van der Waals surface area (Å²) < 4.78 is 2.63. The lowest BCUT2D eigenvalue weighted by Gasteiger charge is -2.16. The van der Waals surface area contributed by atoms with Crippen LogP contribution < -0.4 is 0 Å².